The van der Waals surface area contributed by atoms with Gasteiger partial charge < -0.3 is 5.11 Å². The maximum atomic E-state index is 11.2. The number of carbonyl (C=O) groups is 1. The molecule has 0 bridgehead atoms. The topological polar surface area (TPSA) is 37.3 Å². The molecule has 0 aromatic rings. The number of carboxylic acid groups (broad SMARTS) is 1. The smallest absolute Gasteiger partial charge is 0.303 e. The molecule has 1 N–H and O–H groups in total. The minimum atomic E-state index is -0.606. The van der Waals surface area contributed by atoms with Crippen LogP contribution in [0, 0.1) is 35.0 Å². The van der Waals surface area contributed by atoms with Crippen molar-refractivity contribution in [3.63, 3.8) is 0 Å². The van der Waals surface area contributed by atoms with Crippen molar-refractivity contribution < 1.29 is 9.90 Å². The average molecular weight is 278 g/mol. The summed E-state index contributed by atoms with van der Waals surface area (Å²) in [5.74, 6) is 3.16. The van der Waals surface area contributed by atoms with Crippen LogP contribution < -0.4 is 0 Å². The van der Waals surface area contributed by atoms with Crippen LogP contribution in [0.3, 0.4) is 0 Å². The fourth-order valence-electron chi connectivity index (χ4n) is 6.38. The first kappa shape index (κ1) is 14.4. The van der Waals surface area contributed by atoms with E-state index in [0.717, 1.165) is 23.7 Å². The van der Waals surface area contributed by atoms with Crippen LogP contribution in [0.5, 0.6) is 0 Å². The molecule has 0 aromatic carbocycles. The van der Waals surface area contributed by atoms with Crippen LogP contribution in [-0.4, -0.2) is 11.1 Å². The third-order valence-corrected chi connectivity index (χ3v) is 7.33. The molecule has 20 heavy (non-hydrogen) atoms. The lowest BCUT2D eigenvalue weighted by Crippen LogP contribution is -2.39. The van der Waals surface area contributed by atoms with E-state index in [0.29, 0.717) is 12.3 Å². The summed E-state index contributed by atoms with van der Waals surface area (Å²) in [7, 11) is 0. The number of aliphatic carboxylic acids is 1. The number of hydrogen-bond donors (Lipinski definition) is 1. The Kier molecular flexibility index (Phi) is 3.85. The van der Waals surface area contributed by atoms with Crippen molar-refractivity contribution in [2.45, 2.75) is 71.6 Å². The van der Waals surface area contributed by atoms with Gasteiger partial charge >= 0.3 is 5.97 Å². The van der Waals surface area contributed by atoms with E-state index in [1.165, 1.54) is 51.4 Å². The normalized spacial score (nSPS) is 45.5. The third kappa shape index (κ3) is 2.10. The van der Waals surface area contributed by atoms with Crippen LogP contribution >= 0.6 is 0 Å². The molecule has 2 nitrogen and oxygen atoms in total. The first-order valence-electron chi connectivity index (χ1n) is 8.77. The molecule has 0 aliphatic heterocycles. The predicted molar refractivity (Wildman–Crippen MR) is 80.4 cm³/mol. The molecule has 0 aromatic heterocycles. The summed E-state index contributed by atoms with van der Waals surface area (Å²) in [6.45, 7) is 4.68. The fourth-order valence-corrected chi connectivity index (χ4v) is 6.38. The van der Waals surface area contributed by atoms with Gasteiger partial charge in [-0.3, -0.25) is 4.79 Å². The number of carboxylic acids is 1. The van der Waals surface area contributed by atoms with Gasteiger partial charge in [0.25, 0.3) is 0 Å². The first-order valence-corrected chi connectivity index (χ1v) is 8.77. The van der Waals surface area contributed by atoms with Gasteiger partial charge in [-0.15, -0.1) is 0 Å². The van der Waals surface area contributed by atoms with Crippen molar-refractivity contribution in [2.24, 2.45) is 35.0 Å². The van der Waals surface area contributed by atoms with E-state index < -0.39 is 5.97 Å². The molecule has 2 heteroatoms. The second-order valence-corrected chi connectivity index (χ2v) is 7.97. The van der Waals surface area contributed by atoms with E-state index in [9.17, 15) is 9.90 Å². The highest BCUT2D eigenvalue weighted by molar-refractivity contribution is 5.67. The van der Waals surface area contributed by atoms with Crippen LogP contribution in [0.2, 0.25) is 0 Å². The minimum absolute atomic E-state index is 0.286. The van der Waals surface area contributed by atoms with E-state index in [2.05, 4.69) is 13.8 Å². The van der Waals surface area contributed by atoms with E-state index in [1.54, 1.807) is 0 Å². The minimum Gasteiger partial charge on any atom is -0.481 e. The number of fused-ring (bicyclic) bond motifs is 3. The Hall–Kier alpha value is -0.530. The van der Waals surface area contributed by atoms with Gasteiger partial charge in [0.1, 0.15) is 0 Å². The molecule has 3 saturated carbocycles. The Bertz CT molecular complexity index is 354. The molecule has 0 heterocycles. The predicted octanol–water partition coefficient (Wildman–Crippen LogP) is 4.73. The van der Waals surface area contributed by atoms with E-state index >= 15 is 0 Å². The largest absolute Gasteiger partial charge is 0.481 e. The molecule has 0 amide bonds. The third-order valence-electron chi connectivity index (χ3n) is 7.33. The van der Waals surface area contributed by atoms with Crippen LogP contribution in [0.15, 0.2) is 0 Å². The zero-order valence-electron chi connectivity index (χ0n) is 13.1. The fraction of sp³-hybridized carbons (Fsp3) is 0.944. The molecular weight excluding hydrogens is 248 g/mol. The van der Waals surface area contributed by atoms with Gasteiger partial charge in [0.15, 0.2) is 0 Å². The standard InChI is InChI=1S/C18H30O2/c1-12(11-17(19)20)18(2)15-9-5-3-7-13(15)14-8-4-6-10-16(14)18/h12-16H,3-11H2,1-2H3,(H,19,20)/t12-,13-,14-,15-,16+,18?/m1/s1. The molecule has 114 valence electrons. The summed E-state index contributed by atoms with van der Waals surface area (Å²) in [6.07, 6.45) is 11.5. The van der Waals surface area contributed by atoms with Gasteiger partial charge in [-0.1, -0.05) is 39.5 Å². The van der Waals surface area contributed by atoms with Crippen LogP contribution in [0.25, 0.3) is 0 Å². The van der Waals surface area contributed by atoms with Crippen LogP contribution in [0.1, 0.15) is 71.6 Å². The molecule has 6 atom stereocenters. The Morgan fingerprint density at radius 3 is 1.95 bits per heavy atom. The summed E-state index contributed by atoms with van der Waals surface area (Å²) in [4.78, 5) is 11.2. The molecule has 3 rings (SSSR count). The maximum absolute atomic E-state index is 11.2. The second kappa shape index (κ2) is 5.35. The Morgan fingerprint density at radius 2 is 1.50 bits per heavy atom. The van der Waals surface area contributed by atoms with Gasteiger partial charge in [-0.25, -0.2) is 0 Å². The Morgan fingerprint density at radius 1 is 1.05 bits per heavy atom. The first-order chi connectivity index (χ1) is 9.55. The SMILES string of the molecule is C[C@H](CC(=O)O)C1(C)[C@@H]2CCCC[C@@H]2[C@H]2CCCC[C@@H]21. The van der Waals surface area contributed by atoms with Crippen molar-refractivity contribution in [1.29, 1.82) is 0 Å². The van der Waals surface area contributed by atoms with Crippen molar-refractivity contribution in [2.75, 3.05) is 0 Å². The molecular formula is C18H30O2. The molecule has 0 radical (unpaired) electrons. The quantitative estimate of drug-likeness (QED) is 0.810. The van der Waals surface area contributed by atoms with Crippen LogP contribution in [0.4, 0.5) is 0 Å². The zero-order chi connectivity index (χ0) is 14.3. The van der Waals surface area contributed by atoms with Gasteiger partial charge in [-0.2, -0.15) is 0 Å². The summed E-state index contributed by atoms with van der Waals surface area (Å²) >= 11 is 0. The van der Waals surface area contributed by atoms with Gasteiger partial charge in [-0.05, 0) is 60.7 Å². The maximum Gasteiger partial charge on any atom is 0.303 e. The molecule has 1 unspecified atom stereocenters. The molecule has 0 saturated heterocycles. The summed E-state index contributed by atoms with van der Waals surface area (Å²) in [5, 5.41) is 9.25. The van der Waals surface area contributed by atoms with Gasteiger partial charge in [0.05, 0.1) is 0 Å². The van der Waals surface area contributed by atoms with E-state index in [-0.39, 0.29) is 5.41 Å². The highest BCUT2D eigenvalue weighted by atomic mass is 16.4. The van der Waals surface area contributed by atoms with Crippen LogP contribution in [-0.2, 0) is 4.79 Å². The Balaban J connectivity index is 1.91. The van der Waals surface area contributed by atoms with Crippen molar-refractivity contribution in [1.82, 2.24) is 0 Å². The number of hydrogen-bond acceptors (Lipinski definition) is 1. The Labute approximate surface area is 123 Å². The highest BCUT2D eigenvalue weighted by Gasteiger charge is 2.59. The number of rotatable bonds is 3. The average Bonchev–Trinajstić information content (AvgIpc) is 2.71. The van der Waals surface area contributed by atoms with Crippen molar-refractivity contribution in [3.8, 4) is 0 Å². The molecule has 3 aliphatic rings. The van der Waals surface area contributed by atoms with E-state index in [4.69, 9.17) is 0 Å². The summed E-state index contributed by atoms with van der Waals surface area (Å²) < 4.78 is 0. The van der Waals surface area contributed by atoms with Crippen molar-refractivity contribution >= 4 is 5.97 Å². The second-order valence-electron chi connectivity index (χ2n) is 7.97. The summed E-state index contributed by atoms with van der Waals surface area (Å²) in [6, 6.07) is 0. The molecule has 3 aliphatic carbocycles. The van der Waals surface area contributed by atoms with Crippen molar-refractivity contribution in [3.05, 3.63) is 0 Å². The monoisotopic (exact) mass is 278 g/mol. The lowest BCUT2D eigenvalue weighted by molar-refractivity contribution is -0.140. The lowest BCUT2D eigenvalue weighted by atomic mass is 9.60. The van der Waals surface area contributed by atoms with Gasteiger partial charge in [0.2, 0.25) is 0 Å². The molecule has 3 fully saturated rings. The lowest BCUT2D eigenvalue weighted by Gasteiger charge is -2.45. The zero-order valence-corrected chi connectivity index (χ0v) is 13.1. The van der Waals surface area contributed by atoms with E-state index in [1.807, 2.05) is 0 Å². The summed E-state index contributed by atoms with van der Waals surface area (Å²) in [5.41, 5.74) is 0.286. The highest BCUT2D eigenvalue weighted by Crippen LogP contribution is 2.66. The molecule has 0 spiro atoms. The van der Waals surface area contributed by atoms with Gasteiger partial charge in [0, 0.05) is 6.42 Å².